The number of amides is 1. The van der Waals surface area contributed by atoms with E-state index in [1.54, 1.807) is 6.07 Å². The fourth-order valence-electron chi connectivity index (χ4n) is 2.16. The molecule has 1 aliphatic heterocycles. The molecule has 1 aromatic carbocycles. The van der Waals surface area contributed by atoms with Crippen LogP contribution in [0.25, 0.3) is 0 Å². The Labute approximate surface area is 107 Å². The molecule has 2 unspecified atom stereocenters. The number of carbonyl (C=O) groups is 1. The molecule has 4 heteroatoms. The number of benzene rings is 1. The zero-order chi connectivity index (χ0) is 12.4. The second-order valence-corrected chi connectivity index (χ2v) is 5.08. The highest BCUT2D eigenvalue weighted by Gasteiger charge is 2.29. The minimum atomic E-state index is -0.0786. The van der Waals surface area contributed by atoms with Gasteiger partial charge in [0.2, 0.25) is 5.91 Å². The Morgan fingerprint density at radius 3 is 2.88 bits per heavy atom. The van der Waals surface area contributed by atoms with Crippen LogP contribution in [0.1, 0.15) is 18.9 Å². The molecule has 0 bridgehead atoms. The predicted molar refractivity (Wildman–Crippen MR) is 70.4 cm³/mol. The van der Waals surface area contributed by atoms with Crippen molar-refractivity contribution < 1.29 is 4.79 Å². The number of rotatable bonds is 2. The van der Waals surface area contributed by atoms with Crippen LogP contribution in [0.5, 0.6) is 0 Å². The van der Waals surface area contributed by atoms with Gasteiger partial charge in [-0.05, 0) is 49.6 Å². The minimum absolute atomic E-state index is 0.0421. The summed E-state index contributed by atoms with van der Waals surface area (Å²) in [5, 5.41) is 6.86. The molecule has 3 nitrogen and oxygen atoms in total. The lowest BCUT2D eigenvalue weighted by Crippen LogP contribution is -2.39. The monoisotopic (exact) mass is 252 g/mol. The third-order valence-corrected chi connectivity index (χ3v) is 3.50. The summed E-state index contributed by atoms with van der Waals surface area (Å²) in [5.74, 6) is 0.433. The van der Waals surface area contributed by atoms with Gasteiger partial charge in [-0.1, -0.05) is 18.5 Å². The van der Waals surface area contributed by atoms with Crippen LogP contribution in [-0.4, -0.2) is 18.5 Å². The largest absolute Gasteiger partial charge is 0.324 e. The van der Waals surface area contributed by atoms with Gasteiger partial charge in [0, 0.05) is 10.7 Å². The first kappa shape index (κ1) is 12.4. The summed E-state index contributed by atoms with van der Waals surface area (Å²) in [4.78, 5) is 12.1. The molecule has 92 valence electrons. The molecule has 0 spiro atoms. The van der Waals surface area contributed by atoms with Gasteiger partial charge in [-0.15, -0.1) is 0 Å². The van der Waals surface area contributed by atoms with Gasteiger partial charge >= 0.3 is 0 Å². The number of nitrogens with one attached hydrogen (secondary N) is 2. The van der Waals surface area contributed by atoms with E-state index in [1.807, 2.05) is 19.1 Å². The van der Waals surface area contributed by atoms with E-state index in [1.165, 1.54) is 0 Å². The van der Waals surface area contributed by atoms with Crippen molar-refractivity contribution in [2.75, 3.05) is 11.9 Å². The topological polar surface area (TPSA) is 41.1 Å². The summed E-state index contributed by atoms with van der Waals surface area (Å²) in [7, 11) is 0. The third-order valence-electron chi connectivity index (χ3n) is 3.26. The highest BCUT2D eigenvalue weighted by Crippen LogP contribution is 2.21. The highest BCUT2D eigenvalue weighted by atomic mass is 35.5. The first-order valence-corrected chi connectivity index (χ1v) is 6.26. The van der Waals surface area contributed by atoms with Crippen LogP contribution in [0.2, 0.25) is 5.02 Å². The normalized spacial score (nSPS) is 23.7. The second-order valence-electron chi connectivity index (χ2n) is 4.65. The lowest BCUT2D eigenvalue weighted by Gasteiger charge is -2.16. The molecule has 17 heavy (non-hydrogen) atoms. The summed E-state index contributed by atoms with van der Waals surface area (Å²) < 4.78 is 0. The van der Waals surface area contributed by atoms with E-state index < -0.39 is 0 Å². The fraction of sp³-hybridized carbons (Fsp3) is 0.462. The van der Waals surface area contributed by atoms with E-state index in [-0.39, 0.29) is 11.9 Å². The number of hydrogen-bond acceptors (Lipinski definition) is 2. The highest BCUT2D eigenvalue weighted by molar-refractivity contribution is 6.30. The Kier molecular flexibility index (Phi) is 3.69. The van der Waals surface area contributed by atoms with Crippen LogP contribution in [0, 0.1) is 12.8 Å². The Morgan fingerprint density at radius 1 is 1.53 bits per heavy atom. The van der Waals surface area contributed by atoms with Gasteiger partial charge < -0.3 is 10.6 Å². The maximum atomic E-state index is 12.1. The molecule has 1 heterocycles. The summed E-state index contributed by atoms with van der Waals surface area (Å²) in [6, 6.07) is 5.40. The lowest BCUT2D eigenvalue weighted by molar-refractivity contribution is -0.118. The Bertz CT molecular complexity index is 433. The fourth-order valence-corrected chi connectivity index (χ4v) is 2.39. The molecule has 1 aromatic rings. The molecular weight excluding hydrogens is 236 g/mol. The van der Waals surface area contributed by atoms with Crippen LogP contribution < -0.4 is 10.6 Å². The van der Waals surface area contributed by atoms with Gasteiger partial charge in [-0.2, -0.15) is 0 Å². The van der Waals surface area contributed by atoms with Gasteiger partial charge in [0.05, 0.1) is 6.04 Å². The van der Waals surface area contributed by atoms with Crippen molar-refractivity contribution in [3.8, 4) is 0 Å². The van der Waals surface area contributed by atoms with Gasteiger partial charge in [-0.25, -0.2) is 0 Å². The zero-order valence-corrected chi connectivity index (χ0v) is 10.8. The van der Waals surface area contributed by atoms with Crippen molar-refractivity contribution >= 4 is 23.2 Å². The Balaban J connectivity index is 2.07. The first-order chi connectivity index (χ1) is 8.08. The lowest BCUT2D eigenvalue weighted by atomic mass is 10.0. The number of hydrogen-bond donors (Lipinski definition) is 2. The molecule has 2 rings (SSSR count). The molecule has 2 N–H and O–H groups in total. The van der Waals surface area contributed by atoms with Crippen molar-refractivity contribution in [3.05, 3.63) is 28.8 Å². The average molecular weight is 253 g/mol. The number of anilines is 1. The van der Waals surface area contributed by atoms with Crippen molar-refractivity contribution in [2.24, 2.45) is 5.92 Å². The first-order valence-electron chi connectivity index (χ1n) is 5.88. The standard InChI is InChI=1S/C13H17ClN2O/c1-8-5-6-15-12(8)13(17)16-11-4-3-10(14)7-9(11)2/h3-4,7-8,12,15H,5-6H2,1-2H3,(H,16,17). The van der Waals surface area contributed by atoms with E-state index in [4.69, 9.17) is 11.6 Å². The average Bonchev–Trinajstić information content (AvgIpc) is 2.68. The molecule has 0 saturated carbocycles. The minimum Gasteiger partial charge on any atom is -0.324 e. The molecule has 1 amide bonds. The molecule has 0 radical (unpaired) electrons. The van der Waals surface area contributed by atoms with Crippen molar-refractivity contribution in [1.82, 2.24) is 5.32 Å². The van der Waals surface area contributed by atoms with E-state index in [0.717, 1.165) is 24.2 Å². The zero-order valence-electron chi connectivity index (χ0n) is 10.1. The van der Waals surface area contributed by atoms with Crippen LogP contribution in [-0.2, 0) is 4.79 Å². The van der Waals surface area contributed by atoms with Crippen LogP contribution >= 0.6 is 11.6 Å². The summed E-state index contributed by atoms with van der Waals surface area (Å²) in [6.07, 6.45) is 1.05. The number of carbonyl (C=O) groups excluding carboxylic acids is 1. The van der Waals surface area contributed by atoms with Crippen LogP contribution in [0.15, 0.2) is 18.2 Å². The number of halogens is 1. The summed E-state index contributed by atoms with van der Waals surface area (Å²) in [5.41, 5.74) is 1.82. The Morgan fingerprint density at radius 2 is 2.29 bits per heavy atom. The molecule has 2 atom stereocenters. The summed E-state index contributed by atoms with van der Waals surface area (Å²) >= 11 is 5.88. The van der Waals surface area contributed by atoms with Crippen LogP contribution in [0.4, 0.5) is 5.69 Å². The summed E-state index contributed by atoms with van der Waals surface area (Å²) in [6.45, 7) is 4.95. The van der Waals surface area contributed by atoms with E-state index in [9.17, 15) is 4.79 Å². The van der Waals surface area contributed by atoms with Gasteiger partial charge in [0.1, 0.15) is 0 Å². The predicted octanol–water partition coefficient (Wildman–Crippen LogP) is 2.58. The molecular formula is C13H17ClN2O. The van der Waals surface area contributed by atoms with Crippen molar-refractivity contribution in [1.29, 1.82) is 0 Å². The van der Waals surface area contributed by atoms with Gasteiger partial charge in [-0.3, -0.25) is 4.79 Å². The quantitative estimate of drug-likeness (QED) is 0.850. The van der Waals surface area contributed by atoms with E-state index in [2.05, 4.69) is 17.6 Å². The smallest absolute Gasteiger partial charge is 0.241 e. The Hall–Kier alpha value is -1.06. The van der Waals surface area contributed by atoms with Crippen molar-refractivity contribution in [3.63, 3.8) is 0 Å². The molecule has 1 saturated heterocycles. The number of aryl methyl sites for hydroxylation is 1. The molecule has 1 fully saturated rings. The third kappa shape index (κ3) is 2.79. The van der Waals surface area contributed by atoms with Gasteiger partial charge in [0.15, 0.2) is 0 Å². The SMILES string of the molecule is Cc1cc(Cl)ccc1NC(=O)C1NCCC1C. The van der Waals surface area contributed by atoms with E-state index >= 15 is 0 Å². The molecule has 0 aliphatic carbocycles. The van der Waals surface area contributed by atoms with Crippen LogP contribution in [0.3, 0.4) is 0 Å². The maximum Gasteiger partial charge on any atom is 0.241 e. The van der Waals surface area contributed by atoms with E-state index in [0.29, 0.717) is 10.9 Å². The molecule has 1 aliphatic rings. The maximum absolute atomic E-state index is 12.1. The second kappa shape index (κ2) is 5.07. The van der Waals surface area contributed by atoms with Gasteiger partial charge in [0.25, 0.3) is 0 Å². The van der Waals surface area contributed by atoms with Crippen molar-refractivity contribution in [2.45, 2.75) is 26.3 Å². The molecule has 0 aromatic heterocycles.